The molecule has 4 heteroatoms. The zero-order valence-corrected chi connectivity index (χ0v) is 24.9. The number of hydrogen-bond acceptors (Lipinski definition) is 3. The number of carbonyl (C=O) groups excluding carboxylic acids is 2. The third kappa shape index (κ3) is 22.2. The molecule has 1 amide bonds. The lowest BCUT2D eigenvalue weighted by Gasteiger charge is -2.22. The molecule has 0 bridgehead atoms. The Bertz CT molecular complexity index is 494. The molecule has 0 aromatic rings. The van der Waals surface area contributed by atoms with Gasteiger partial charge in [-0.2, -0.15) is 0 Å². The molecule has 0 rings (SSSR count). The predicted octanol–water partition coefficient (Wildman–Crippen LogP) is 9.64. The largest absolute Gasteiger partial charge is 0.465 e. The molecular weight excluding hydrogens is 446 g/mol. The lowest BCUT2D eigenvalue weighted by molar-refractivity contribution is -0.145. The van der Waals surface area contributed by atoms with E-state index >= 15 is 0 Å². The van der Waals surface area contributed by atoms with Crippen LogP contribution < -0.4 is 0 Å². The Morgan fingerprint density at radius 3 is 1.58 bits per heavy atom. The average molecular weight is 510 g/mol. The highest BCUT2D eigenvalue weighted by molar-refractivity contribution is 5.76. The van der Waals surface area contributed by atoms with E-state index in [1.807, 2.05) is 0 Å². The van der Waals surface area contributed by atoms with Gasteiger partial charge in [-0.15, -0.1) is 0 Å². The zero-order chi connectivity index (χ0) is 26.7. The number of esters is 1. The maximum Gasteiger partial charge on any atom is 0.305 e. The molecule has 214 valence electrons. The summed E-state index contributed by atoms with van der Waals surface area (Å²) in [5, 5.41) is 0. The molecule has 0 saturated carbocycles. The summed E-state index contributed by atoms with van der Waals surface area (Å²) < 4.78 is 5.73. The van der Waals surface area contributed by atoms with Gasteiger partial charge in [-0.25, -0.2) is 0 Å². The van der Waals surface area contributed by atoms with Crippen LogP contribution in [0.3, 0.4) is 0 Å². The topological polar surface area (TPSA) is 46.6 Å². The minimum Gasteiger partial charge on any atom is -0.465 e. The quantitative estimate of drug-likeness (QED) is 0.0817. The van der Waals surface area contributed by atoms with Crippen LogP contribution in [0.1, 0.15) is 169 Å². The monoisotopic (exact) mass is 509 g/mol. The van der Waals surface area contributed by atoms with E-state index in [0.717, 1.165) is 45.2 Å². The van der Waals surface area contributed by atoms with Gasteiger partial charge < -0.3 is 9.64 Å². The molecular formula is C32H63NO3. The number of hydrogen-bond donors (Lipinski definition) is 0. The number of amides is 1. The summed E-state index contributed by atoms with van der Waals surface area (Å²) >= 11 is 0. The number of nitrogens with zero attached hydrogens (tertiary/aromatic N) is 1. The lowest BCUT2D eigenvalue weighted by atomic mass is 9.95. The van der Waals surface area contributed by atoms with Crippen molar-refractivity contribution in [3.05, 3.63) is 0 Å². The van der Waals surface area contributed by atoms with Gasteiger partial charge in [0.2, 0.25) is 5.91 Å². The Labute approximate surface area is 225 Å². The van der Waals surface area contributed by atoms with Gasteiger partial charge in [-0.1, -0.05) is 118 Å². The Hall–Kier alpha value is -1.06. The molecule has 0 aromatic carbocycles. The van der Waals surface area contributed by atoms with Gasteiger partial charge in [0.25, 0.3) is 0 Å². The highest BCUT2D eigenvalue weighted by atomic mass is 16.5. The van der Waals surface area contributed by atoms with E-state index in [4.69, 9.17) is 4.74 Å². The standard InChI is InChI=1S/C32H63NO3/c1-5-9-12-15-16-19-25-30(24-18-13-10-6-2)29-36-32(35)26-20-17-22-28-33(31(34)23-8-4)27-21-14-11-7-3/h30H,5-29H2,1-4H3. The van der Waals surface area contributed by atoms with Gasteiger partial charge >= 0.3 is 5.97 Å². The van der Waals surface area contributed by atoms with Crippen LogP contribution in [-0.2, 0) is 14.3 Å². The molecule has 1 unspecified atom stereocenters. The second-order valence-corrected chi connectivity index (χ2v) is 11.0. The number of rotatable bonds is 27. The van der Waals surface area contributed by atoms with Gasteiger partial charge in [0.1, 0.15) is 0 Å². The Kier molecular flexibility index (Phi) is 26.2. The second-order valence-electron chi connectivity index (χ2n) is 11.0. The summed E-state index contributed by atoms with van der Waals surface area (Å²) in [5.74, 6) is 0.793. The maximum atomic E-state index is 12.4. The molecule has 0 aliphatic carbocycles. The Morgan fingerprint density at radius 2 is 1.03 bits per heavy atom. The van der Waals surface area contributed by atoms with Crippen LogP contribution in [0.5, 0.6) is 0 Å². The first-order chi connectivity index (χ1) is 17.6. The minimum atomic E-state index is -0.0324. The van der Waals surface area contributed by atoms with Crippen LogP contribution in [0.15, 0.2) is 0 Å². The predicted molar refractivity (Wildman–Crippen MR) is 155 cm³/mol. The van der Waals surface area contributed by atoms with Crippen molar-refractivity contribution in [3.8, 4) is 0 Å². The van der Waals surface area contributed by atoms with Crippen molar-refractivity contribution < 1.29 is 14.3 Å². The van der Waals surface area contributed by atoms with E-state index in [9.17, 15) is 9.59 Å². The van der Waals surface area contributed by atoms with Crippen LogP contribution in [0.2, 0.25) is 0 Å². The van der Waals surface area contributed by atoms with Gasteiger partial charge in [-0.3, -0.25) is 9.59 Å². The van der Waals surface area contributed by atoms with E-state index in [2.05, 4.69) is 32.6 Å². The zero-order valence-electron chi connectivity index (χ0n) is 24.9. The molecule has 0 aromatic heterocycles. The van der Waals surface area contributed by atoms with Crippen LogP contribution >= 0.6 is 0 Å². The number of unbranched alkanes of at least 4 members (excludes halogenated alkanes) is 13. The van der Waals surface area contributed by atoms with Crippen molar-refractivity contribution >= 4 is 11.9 Å². The normalized spacial score (nSPS) is 12.0. The first-order valence-electron chi connectivity index (χ1n) is 16.0. The molecule has 0 N–H and O–H groups in total. The van der Waals surface area contributed by atoms with Crippen LogP contribution in [0, 0.1) is 5.92 Å². The highest BCUT2D eigenvalue weighted by Crippen LogP contribution is 2.20. The van der Waals surface area contributed by atoms with Crippen LogP contribution in [-0.4, -0.2) is 36.5 Å². The minimum absolute atomic E-state index is 0.0324. The van der Waals surface area contributed by atoms with E-state index < -0.39 is 0 Å². The molecule has 0 heterocycles. The fourth-order valence-corrected chi connectivity index (χ4v) is 4.88. The molecule has 0 aliphatic heterocycles. The summed E-state index contributed by atoms with van der Waals surface area (Å²) in [6.07, 6.45) is 25.1. The van der Waals surface area contributed by atoms with E-state index in [-0.39, 0.29) is 5.97 Å². The van der Waals surface area contributed by atoms with Gasteiger partial charge in [0.15, 0.2) is 0 Å². The molecule has 4 nitrogen and oxygen atoms in total. The second kappa shape index (κ2) is 27.0. The summed E-state index contributed by atoms with van der Waals surface area (Å²) in [7, 11) is 0. The van der Waals surface area contributed by atoms with Gasteiger partial charge in [0.05, 0.1) is 6.61 Å². The number of carbonyl (C=O) groups is 2. The lowest BCUT2D eigenvalue weighted by Crippen LogP contribution is -2.32. The van der Waals surface area contributed by atoms with Crippen molar-refractivity contribution in [2.75, 3.05) is 19.7 Å². The molecule has 36 heavy (non-hydrogen) atoms. The van der Waals surface area contributed by atoms with E-state index in [1.165, 1.54) is 96.3 Å². The summed E-state index contributed by atoms with van der Waals surface area (Å²) in [5.41, 5.74) is 0. The first-order valence-corrected chi connectivity index (χ1v) is 16.0. The fourth-order valence-electron chi connectivity index (χ4n) is 4.88. The molecule has 0 aliphatic rings. The molecule has 0 spiro atoms. The van der Waals surface area contributed by atoms with Crippen molar-refractivity contribution in [1.29, 1.82) is 0 Å². The van der Waals surface area contributed by atoms with Crippen molar-refractivity contribution in [2.45, 2.75) is 169 Å². The van der Waals surface area contributed by atoms with Crippen molar-refractivity contribution in [2.24, 2.45) is 5.92 Å². The molecule has 0 fully saturated rings. The molecule has 0 saturated heterocycles. The SMILES string of the molecule is CCCCCCCCC(CCCCCC)COC(=O)CCCCCN(CCCCCC)C(=O)CCC. The smallest absolute Gasteiger partial charge is 0.305 e. The maximum absolute atomic E-state index is 12.4. The van der Waals surface area contributed by atoms with E-state index in [0.29, 0.717) is 31.3 Å². The highest BCUT2D eigenvalue weighted by Gasteiger charge is 2.14. The Balaban J connectivity index is 4.20. The van der Waals surface area contributed by atoms with E-state index in [1.54, 1.807) is 0 Å². The van der Waals surface area contributed by atoms with Crippen LogP contribution in [0.4, 0.5) is 0 Å². The molecule has 1 atom stereocenters. The average Bonchev–Trinajstić information content (AvgIpc) is 2.87. The fraction of sp³-hybridized carbons (Fsp3) is 0.938. The first kappa shape index (κ1) is 34.9. The summed E-state index contributed by atoms with van der Waals surface area (Å²) in [6, 6.07) is 0. The van der Waals surface area contributed by atoms with Crippen LogP contribution in [0.25, 0.3) is 0 Å². The summed E-state index contributed by atoms with van der Waals surface area (Å²) in [4.78, 5) is 26.9. The summed E-state index contributed by atoms with van der Waals surface area (Å²) in [6.45, 7) is 11.1. The van der Waals surface area contributed by atoms with Crippen molar-refractivity contribution in [3.63, 3.8) is 0 Å². The molecule has 0 radical (unpaired) electrons. The number of ether oxygens (including phenoxy) is 1. The third-order valence-electron chi connectivity index (χ3n) is 7.32. The van der Waals surface area contributed by atoms with Gasteiger partial charge in [-0.05, 0) is 44.4 Å². The third-order valence-corrected chi connectivity index (χ3v) is 7.32. The Morgan fingerprint density at radius 1 is 0.556 bits per heavy atom. The van der Waals surface area contributed by atoms with Gasteiger partial charge in [0, 0.05) is 25.9 Å². The van der Waals surface area contributed by atoms with Crippen molar-refractivity contribution in [1.82, 2.24) is 4.90 Å².